The van der Waals surface area contributed by atoms with Crippen LogP contribution in [0.4, 0.5) is 0 Å². The first kappa shape index (κ1) is 14.2. The topological polar surface area (TPSA) is 43.8 Å². The third-order valence-corrected chi connectivity index (χ3v) is 4.77. The predicted octanol–water partition coefficient (Wildman–Crippen LogP) is 3.99. The lowest BCUT2D eigenvalue weighted by Crippen LogP contribution is -2.13. The number of hydrogen-bond acceptors (Lipinski definition) is 3. The van der Waals surface area contributed by atoms with E-state index in [2.05, 4.69) is 5.10 Å². The van der Waals surface area contributed by atoms with Gasteiger partial charge in [-0.15, -0.1) is 11.3 Å². The number of thiophene rings is 1. The molecule has 0 aliphatic carbocycles. The van der Waals surface area contributed by atoms with Crippen molar-refractivity contribution in [1.29, 1.82) is 0 Å². The Morgan fingerprint density at radius 1 is 1.44 bits per heavy atom. The zero-order chi connectivity index (χ0) is 13.4. The molecule has 0 bridgehead atoms. The summed E-state index contributed by atoms with van der Waals surface area (Å²) in [6.07, 6.45) is 0.589. The lowest BCUT2D eigenvalue weighted by atomic mass is 10.0. The van der Waals surface area contributed by atoms with Gasteiger partial charge in [-0.1, -0.05) is 34.8 Å². The van der Waals surface area contributed by atoms with Gasteiger partial charge in [0.1, 0.15) is 5.15 Å². The van der Waals surface area contributed by atoms with E-state index in [-0.39, 0.29) is 6.04 Å². The van der Waals surface area contributed by atoms with Crippen LogP contribution in [0.1, 0.15) is 22.9 Å². The Morgan fingerprint density at radius 3 is 2.56 bits per heavy atom. The summed E-state index contributed by atoms with van der Waals surface area (Å²) in [6, 6.07) is 1.57. The van der Waals surface area contributed by atoms with Crippen molar-refractivity contribution >= 4 is 46.1 Å². The van der Waals surface area contributed by atoms with Crippen LogP contribution in [0.25, 0.3) is 0 Å². The molecule has 2 heterocycles. The van der Waals surface area contributed by atoms with Gasteiger partial charge in [-0.2, -0.15) is 5.10 Å². The van der Waals surface area contributed by atoms with Gasteiger partial charge < -0.3 is 5.73 Å². The van der Waals surface area contributed by atoms with Crippen LogP contribution in [0.15, 0.2) is 6.07 Å². The van der Waals surface area contributed by atoms with Crippen LogP contribution in [-0.2, 0) is 13.5 Å². The average Bonchev–Trinajstić information content (AvgIpc) is 2.73. The Bertz CT molecular complexity index is 576. The SMILES string of the molecule is Cc1nn(C)c(Cl)c1CC(N)c1cc(Cl)sc1Cl. The molecule has 0 aliphatic heterocycles. The molecular weight excluding hydrogens is 313 g/mol. The molecule has 0 saturated heterocycles. The van der Waals surface area contributed by atoms with Crippen LogP contribution in [-0.4, -0.2) is 9.78 Å². The van der Waals surface area contributed by atoms with Gasteiger partial charge in [0.05, 0.1) is 14.4 Å². The summed E-state index contributed by atoms with van der Waals surface area (Å²) in [5.41, 5.74) is 8.84. The molecule has 2 rings (SSSR count). The predicted molar refractivity (Wildman–Crippen MR) is 77.9 cm³/mol. The molecule has 98 valence electrons. The molecule has 0 fully saturated rings. The summed E-state index contributed by atoms with van der Waals surface area (Å²) in [6.45, 7) is 1.91. The Kier molecular flexibility index (Phi) is 4.24. The van der Waals surface area contributed by atoms with Crippen LogP contribution in [0, 0.1) is 6.92 Å². The molecule has 0 saturated carbocycles. The molecule has 2 aromatic rings. The molecule has 1 unspecified atom stereocenters. The van der Waals surface area contributed by atoms with E-state index >= 15 is 0 Å². The van der Waals surface area contributed by atoms with Crippen molar-refractivity contribution in [3.05, 3.63) is 36.7 Å². The number of rotatable bonds is 3. The summed E-state index contributed by atoms with van der Waals surface area (Å²) in [4.78, 5) is 0. The van der Waals surface area contributed by atoms with Gasteiger partial charge in [0.2, 0.25) is 0 Å². The minimum Gasteiger partial charge on any atom is -0.324 e. The van der Waals surface area contributed by atoms with Crippen LogP contribution >= 0.6 is 46.1 Å². The highest BCUT2D eigenvalue weighted by molar-refractivity contribution is 7.20. The van der Waals surface area contributed by atoms with Crippen LogP contribution in [0.5, 0.6) is 0 Å². The maximum absolute atomic E-state index is 6.18. The lowest BCUT2D eigenvalue weighted by molar-refractivity contribution is 0.721. The monoisotopic (exact) mass is 323 g/mol. The number of nitrogens with zero attached hydrogens (tertiary/aromatic N) is 2. The highest BCUT2D eigenvalue weighted by atomic mass is 35.5. The van der Waals surface area contributed by atoms with Crippen molar-refractivity contribution in [3.8, 4) is 0 Å². The Labute approximate surface area is 124 Å². The summed E-state index contributed by atoms with van der Waals surface area (Å²) >= 11 is 19.5. The van der Waals surface area contributed by atoms with Gasteiger partial charge >= 0.3 is 0 Å². The maximum atomic E-state index is 6.18. The molecule has 0 aliphatic rings. The van der Waals surface area contributed by atoms with E-state index in [1.165, 1.54) is 11.3 Å². The number of aryl methyl sites for hydroxylation is 2. The minimum absolute atomic E-state index is 0.235. The average molecular weight is 325 g/mol. The lowest BCUT2D eigenvalue weighted by Gasteiger charge is -2.10. The third-order valence-electron chi connectivity index (χ3n) is 2.78. The maximum Gasteiger partial charge on any atom is 0.130 e. The van der Waals surface area contributed by atoms with Gasteiger partial charge in [-0.3, -0.25) is 4.68 Å². The van der Waals surface area contributed by atoms with Crippen molar-refractivity contribution in [2.75, 3.05) is 0 Å². The van der Waals surface area contributed by atoms with Gasteiger partial charge in [-0.25, -0.2) is 0 Å². The van der Waals surface area contributed by atoms with Crippen LogP contribution < -0.4 is 5.73 Å². The summed E-state index contributed by atoms with van der Waals surface area (Å²) in [5, 5.41) is 4.87. The smallest absolute Gasteiger partial charge is 0.130 e. The molecule has 3 nitrogen and oxygen atoms in total. The number of aromatic nitrogens is 2. The minimum atomic E-state index is -0.235. The quantitative estimate of drug-likeness (QED) is 0.927. The van der Waals surface area contributed by atoms with Crippen molar-refractivity contribution in [2.45, 2.75) is 19.4 Å². The van der Waals surface area contributed by atoms with Gasteiger partial charge in [0.25, 0.3) is 0 Å². The molecule has 2 aromatic heterocycles. The molecule has 2 N–H and O–H groups in total. The van der Waals surface area contributed by atoms with Gasteiger partial charge in [0.15, 0.2) is 0 Å². The van der Waals surface area contributed by atoms with Crippen molar-refractivity contribution in [2.24, 2.45) is 12.8 Å². The second-order valence-electron chi connectivity index (χ2n) is 4.07. The second kappa shape index (κ2) is 5.39. The molecule has 1 atom stereocenters. The van der Waals surface area contributed by atoms with Crippen molar-refractivity contribution < 1.29 is 0 Å². The number of hydrogen-bond donors (Lipinski definition) is 1. The second-order valence-corrected chi connectivity index (χ2v) is 6.71. The molecule has 0 spiro atoms. The summed E-state index contributed by atoms with van der Waals surface area (Å²) < 4.78 is 2.91. The fourth-order valence-electron chi connectivity index (χ4n) is 1.84. The standard InChI is InChI=1S/C11H12Cl3N3S/c1-5-6(10(13)17(2)16-5)3-8(15)7-4-9(12)18-11(7)14/h4,8H,3,15H2,1-2H3. The van der Waals surface area contributed by atoms with E-state index in [0.717, 1.165) is 16.8 Å². The van der Waals surface area contributed by atoms with Gasteiger partial charge in [0, 0.05) is 24.2 Å². The Morgan fingerprint density at radius 2 is 2.11 bits per heavy atom. The van der Waals surface area contributed by atoms with Crippen LogP contribution in [0.3, 0.4) is 0 Å². The van der Waals surface area contributed by atoms with E-state index in [4.69, 9.17) is 40.5 Å². The van der Waals surface area contributed by atoms with Crippen molar-refractivity contribution in [1.82, 2.24) is 9.78 Å². The molecule has 0 radical (unpaired) electrons. The zero-order valence-corrected chi connectivity index (χ0v) is 13.0. The fraction of sp³-hybridized carbons (Fsp3) is 0.364. The fourth-order valence-corrected chi connectivity index (χ4v) is 3.69. The number of nitrogens with two attached hydrogens (primary N) is 1. The van der Waals surface area contributed by atoms with Gasteiger partial charge in [-0.05, 0) is 19.4 Å². The number of halogens is 3. The largest absolute Gasteiger partial charge is 0.324 e. The molecule has 18 heavy (non-hydrogen) atoms. The Balaban J connectivity index is 2.26. The first-order chi connectivity index (χ1) is 8.40. The normalized spacial score (nSPS) is 13.0. The third kappa shape index (κ3) is 2.68. The van der Waals surface area contributed by atoms with E-state index in [1.54, 1.807) is 17.8 Å². The molecule has 0 amide bonds. The first-order valence-corrected chi connectivity index (χ1v) is 7.23. The zero-order valence-electron chi connectivity index (χ0n) is 9.88. The highest BCUT2D eigenvalue weighted by Gasteiger charge is 2.19. The van der Waals surface area contributed by atoms with Crippen molar-refractivity contribution in [3.63, 3.8) is 0 Å². The summed E-state index contributed by atoms with van der Waals surface area (Å²) in [5.74, 6) is 0. The van der Waals surface area contributed by atoms with E-state index in [1.807, 2.05) is 6.92 Å². The van der Waals surface area contributed by atoms with E-state index in [9.17, 15) is 0 Å². The first-order valence-electron chi connectivity index (χ1n) is 5.28. The summed E-state index contributed by atoms with van der Waals surface area (Å²) in [7, 11) is 1.80. The van der Waals surface area contributed by atoms with E-state index in [0.29, 0.717) is 20.2 Å². The molecular formula is C11H12Cl3N3S. The van der Waals surface area contributed by atoms with E-state index < -0.39 is 0 Å². The Hall–Kier alpha value is -0.260. The highest BCUT2D eigenvalue weighted by Crippen LogP contribution is 2.36. The van der Waals surface area contributed by atoms with Crippen LogP contribution in [0.2, 0.25) is 13.8 Å². The molecule has 7 heteroatoms. The molecule has 0 aromatic carbocycles.